The van der Waals surface area contributed by atoms with Gasteiger partial charge in [0.1, 0.15) is 22.9 Å². The van der Waals surface area contributed by atoms with E-state index >= 15 is 8.78 Å². The summed E-state index contributed by atoms with van der Waals surface area (Å²) in [5, 5.41) is 25.8. The number of halogens is 2. The summed E-state index contributed by atoms with van der Waals surface area (Å²) in [6.07, 6.45) is 10.9. The molecule has 0 amide bonds. The first-order valence-corrected chi connectivity index (χ1v) is 16.7. The topological polar surface area (TPSA) is 94.0 Å². The highest BCUT2D eigenvalue weighted by Gasteiger charge is 2.50. The second kappa shape index (κ2) is 10.7. The van der Waals surface area contributed by atoms with Crippen LogP contribution in [0.1, 0.15) is 37.7 Å². The van der Waals surface area contributed by atoms with Gasteiger partial charge in [0.05, 0.1) is 18.3 Å². The van der Waals surface area contributed by atoms with E-state index in [0.717, 1.165) is 51.7 Å². The third-order valence-corrected chi connectivity index (χ3v) is 11.3. The van der Waals surface area contributed by atoms with Crippen LogP contribution < -0.4 is 15.0 Å². The van der Waals surface area contributed by atoms with Crippen LogP contribution in [0, 0.1) is 41.2 Å². The van der Waals surface area contributed by atoms with E-state index in [1.807, 2.05) is 0 Å². The van der Waals surface area contributed by atoms with Crippen LogP contribution in [0.4, 0.5) is 14.6 Å². The van der Waals surface area contributed by atoms with Gasteiger partial charge in [-0.25, -0.2) is 8.78 Å². The molecule has 3 N–H and O–H groups in total. The van der Waals surface area contributed by atoms with Gasteiger partial charge in [0.15, 0.2) is 5.82 Å². The van der Waals surface area contributed by atoms with E-state index in [-0.39, 0.29) is 57.4 Å². The molecule has 1 aromatic heterocycles. The summed E-state index contributed by atoms with van der Waals surface area (Å²) in [7, 11) is 0. The fourth-order valence-electron chi connectivity index (χ4n) is 8.72. The summed E-state index contributed by atoms with van der Waals surface area (Å²) in [6.45, 7) is 4.45. The molecule has 10 heteroatoms. The maximum Gasteiger partial charge on any atom is 0.319 e. The molecule has 3 aromatic carbocycles. The van der Waals surface area contributed by atoms with Crippen molar-refractivity contribution in [3.8, 4) is 35.2 Å². The van der Waals surface area contributed by atoms with Crippen LogP contribution in [-0.4, -0.2) is 82.6 Å². The molecular formula is C37H37F2N5O3. The van der Waals surface area contributed by atoms with E-state index < -0.39 is 11.6 Å². The second-order valence-electron chi connectivity index (χ2n) is 14.6. The van der Waals surface area contributed by atoms with Gasteiger partial charge in [-0.05, 0) is 73.6 Å². The van der Waals surface area contributed by atoms with E-state index in [2.05, 4.69) is 26.0 Å². The minimum absolute atomic E-state index is 0.0278. The monoisotopic (exact) mass is 637 g/mol. The van der Waals surface area contributed by atoms with Crippen molar-refractivity contribution in [2.24, 2.45) is 17.3 Å². The van der Waals surface area contributed by atoms with Crippen molar-refractivity contribution in [3.05, 3.63) is 53.6 Å². The quantitative estimate of drug-likeness (QED) is 0.249. The number of ether oxygens (including phenoxy) is 1. The van der Waals surface area contributed by atoms with E-state index in [0.29, 0.717) is 53.7 Å². The molecule has 4 bridgehead atoms. The number of fused-ring (bicyclic) bond motifs is 6. The molecule has 4 unspecified atom stereocenters. The van der Waals surface area contributed by atoms with Gasteiger partial charge in [-0.15, -0.1) is 6.42 Å². The lowest BCUT2D eigenvalue weighted by molar-refractivity contribution is -0.112. The molecule has 0 radical (unpaired) electrons. The number of terminal acetylenes is 1. The lowest BCUT2D eigenvalue weighted by Crippen LogP contribution is -2.59. The maximum atomic E-state index is 16.9. The van der Waals surface area contributed by atoms with Gasteiger partial charge >= 0.3 is 6.01 Å². The number of benzene rings is 3. The van der Waals surface area contributed by atoms with E-state index in [1.54, 1.807) is 18.2 Å². The molecule has 0 spiro atoms. The largest absolute Gasteiger partial charge is 0.508 e. The fraction of sp³-hybridized carbons (Fsp3) is 0.459. The summed E-state index contributed by atoms with van der Waals surface area (Å²) < 4.78 is 39.5. The average Bonchev–Trinajstić information content (AvgIpc) is 3.75. The number of aromatic nitrogens is 2. The van der Waals surface area contributed by atoms with Gasteiger partial charge in [-0.1, -0.05) is 18.1 Å². The van der Waals surface area contributed by atoms with Gasteiger partial charge < -0.3 is 30.1 Å². The van der Waals surface area contributed by atoms with Crippen LogP contribution in [0.5, 0.6) is 11.8 Å². The summed E-state index contributed by atoms with van der Waals surface area (Å²) in [5.74, 6) is 2.06. The first-order chi connectivity index (χ1) is 22.8. The van der Waals surface area contributed by atoms with Crippen molar-refractivity contribution in [1.29, 1.82) is 0 Å². The maximum absolute atomic E-state index is 16.9. The highest BCUT2D eigenvalue weighted by atomic mass is 19.1. The van der Waals surface area contributed by atoms with E-state index in [9.17, 15) is 10.2 Å². The zero-order chi connectivity index (χ0) is 32.0. The first-order valence-electron chi connectivity index (χ1n) is 16.7. The molecule has 4 aliphatic heterocycles. The highest BCUT2D eigenvalue weighted by Crippen LogP contribution is 2.49. The lowest BCUT2D eigenvalue weighted by Gasteiger charge is -2.51. The summed E-state index contributed by atoms with van der Waals surface area (Å²) in [6, 6.07) is 10.0. The number of piperazine rings is 1. The molecule has 4 aromatic rings. The van der Waals surface area contributed by atoms with Crippen molar-refractivity contribution >= 4 is 27.5 Å². The molecule has 4 saturated heterocycles. The Morgan fingerprint density at radius 1 is 1.04 bits per heavy atom. The summed E-state index contributed by atoms with van der Waals surface area (Å²) in [5.41, 5.74) is 0.267. The molecular weight excluding hydrogens is 600 g/mol. The molecule has 242 valence electrons. The van der Waals surface area contributed by atoms with Gasteiger partial charge in [0.2, 0.25) is 0 Å². The van der Waals surface area contributed by atoms with Gasteiger partial charge in [-0.3, -0.25) is 0 Å². The van der Waals surface area contributed by atoms with Gasteiger partial charge in [-0.2, -0.15) is 9.97 Å². The van der Waals surface area contributed by atoms with Crippen molar-refractivity contribution in [1.82, 2.24) is 20.2 Å². The SMILES string of the molecule is C#Cc1cccc2cc(O)cc(-c3c(F)cc4c(N5CC6CCC(C5)N6)nc(OCC5(CN6CC7CC(C6)C7O)CC5)nc4c3F)c12. The predicted octanol–water partition coefficient (Wildman–Crippen LogP) is 4.83. The number of phenolic OH excluding ortho intramolecular Hbond substituents is 1. The first kappa shape index (κ1) is 29.1. The third-order valence-electron chi connectivity index (χ3n) is 11.3. The molecule has 2 aliphatic carbocycles. The molecule has 6 aliphatic rings. The van der Waals surface area contributed by atoms with Gasteiger partial charge in [0, 0.05) is 72.1 Å². The number of anilines is 1. The van der Waals surface area contributed by atoms with Crippen LogP contribution in [0.25, 0.3) is 32.8 Å². The molecule has 6 fully saturated rings. The number of aliphatic hydroxyl groups is 1. The second-order valence-corrected chi connectivity index (χ2v) is 14.6. The fourth-order valence-corrected chi connectivity index (χ4v) is 8.72. The van der Waals surface area contributed by atoms with Crippen molar-refractivity contribution in [2.75, 3.05) is 44.2 Å². The third kappa shape index (κ3) is 4.90. The van der Waals surface area contributed by atoms with Crippen LogP contribution in [0.3, 0.4) is 0 Å². The number of nitrogens with zero attached hydrogens (tertiary/aromatic N) is 4. The van der Waals surface area contributed by atoms with Crippen LogP contribution in [-0.2, 0) is 0 Å². The normalized spacial score (nSPS) is 27.5. The summed E-state index contributed by atoms with van der Waals surface area (Å²) in [4.78, 5) is 14.0. The Balaban J connectivity index is 1.12. The van der Waals surface area contributed by atoms with Crippen molar-refractivity contribution in [3.63, 3.8) is 0 Å². The molecule has 2 saturated carbocycles. The molecule has 4 atom stereocenters. The highest BCUT2D eigenvalue weighted by molar-refractivity contribution is 6.04. The summed E-state index contributed by atoms with van der Waals surface area (Å²) >= 11 is 0. The minimum Gasteiger partial charge on any atom is -0.508 e. The van der Waals surface area contributed by atoms with E-state index in [4.69, 9.17) is 16.1 Å². The van der Waals surface area contributed by atoms with Crippen molar-refractivity contribution in [2.45, 2.75) is 50.3 Å². The number of hydrogen-bond acceptors (Lipinski definition) is 8. The lowest BCUT2D eigenvalue weighted by atomic mass is 9.68. The Morgan fingerprint density at radius 2 is 1.81 bits per heavy atom. The number of aliphatic hydroxyl groups excluding tert-OH is 1. The molecule has 10 rings (SSSR count). The standard InChI is InChI=1S/C37H37F2N5O3/c1-2-20-4-3-5-21-11-26(45)12-27(30(20)21)31-29(38)13-28-33(32(31)39)41-36(42-35(28)44-16-24-6-7-25(17-44)40-24)47-19-37(8-9-37)18-43-14-22-10-23(15-43)34(22)46/h1,3-5,11-13,22-25,34,40,45-46H,6-10,14-19H2. The number of nitrogens with one attached hydrogen (secondary N) is 1. The number of hydrogen-bond donors (Lipinski definition) is 3. The zero-order valence-electron chi connectivity index (χ0n) is 26.1. The minimum atomic E-state index is -0.849. The number of aromatic hydroxyl groups is 1. The Kier molecular flexibility index (Phi) is 6.66. The molecule has 47 heavy (non-hydrogen) atoms. The Bertz CT molecular complexity index is 1950. The Hall–Kier alpha value is -4.04. The Morgan fingerprint density at radius 3 is 2.51 bits per heavy atom. The van der Waals surface area contributed by atoms with Crippen LogP contribution in [0.2, 0.25) is 0 Å². The number of rotatable bonds is 7. The van der Waals surface area contributed by atoms with Gasteiger partial charge in [0.25, 0.3) is 0 Å². The van der Waals surface area contributed by atoms with E-state index in [1.165, 1.54) is 18.2 Å². The molecule has 5 heterocycles. The average molecular weight is 638 g/mol. The number of phenols is 1. The number of piperidine rings is 2. The van der Waals surface area contributed by atoms with Crippen LogP contribution >= 0.6 is 0 Å². The Labute approximate surface area is 271 Å². The van der Waals surface area contributed by atoms with Crippen LogP contribution in [0.15, 0.2) is 36.4 Å². The zero-order valence-corrected chi connectivity index (χ0v) is 26.1. The molecule has 8 nitrogen and oxygen atoms in total. The smallest absolute Gasteiger partial charge is 0.319 e. The predicted molar refractivity (Wildman–Crippen MR) is 175 cm³/mol. The van der Waals surface area contributed by atoms with Crippen molar-refractivity contribution < 1.29 is 23.7 Å².